The number of H-pyrrole nitrogens is 1. The maximum Gasteiger partial charge on any atom is 0.270 e. The van der Waals surface area contributed by atoms with Crippen LogP contribution in [-0.2, 0) is 10.0 Å². The van der Waals surface area contributed by atoms with Gasteiger partial charge in [-0.15, -0.1) is 0 Å². The number of sulfonamides is 1. The van der Waals surface area contributed by atoms with E-state index in [0.29, 0.717) is 41.9 Å². The molecule has 1 amide bonds. The van der Waals surface area contributed by atoms with Gasteiger partial charge in [0.15, 0.2) is 5.78 Å². The first kappa shape index (κ1) is 20.1. The molecule has 8 heteroatoms. The summed E-state index contributed by atoms with van der Waals surface area (Å²) in [6.45, 7) is 5.73. The molecule has 2 heterocycles. The minimum absolute atomic E-state index is 0.0347. The fourth-order valence-electron chi connectivity index (χ4n) is 4.40. The molecule has 1 aliphatic heterocycles. The van der Waals surface area contributed by atoms with Gasteiger partial charge in [-0.25, -0.2) is 13.1 Å². The molecule has 1 aliphatic carbocycles. The first-order valence-corrected chi connectivity index (χ1v) is 11.3. The number of carbonyl (C=O) groups excluding carboxylic acids is 2. The van der Waals surface area contributed by atoms with Gasteiger partial charge >= 0.3 is 0 Å². The predicted molar refractivity (Wildman–Crippen MR) is 104 cm³/mol. The molecule has 150 valence electrons. The Morgan fingerprint density at radius 1 is 1.11 bits per heavy atom. The molecule has 0 radical (unpaired) electrons. The number of ketones is 1. The van der Waals surface area contributed by atoms with Gasteiger partial charge in [0, 0.05) is 30.4 Å². The Morgan fingerprint density at radius 3 is 2.37 bits per heavy atom. The van der Waals surface area contributed by atoms with Gasteiger partial charge in [0.2, 0.25) is 10.0 Å². The molecular weight excluding hydrogens is 366 g/mol. The average Bonchev–Trinajstić information content (AvgIpc) is 3.21. The van der Waals surface area contributed by atoms with Crippen LogP contribution in [0.2, 0.25) is 0 Å². The summed E-state index contributed by atoms with van der Waals surface area (Å²) < 4.78 is 28.4. The van der Waals surface area contributed by atoms with Crippen molar-refractivity contribution in [1.82, 2.24) is 14.6 Å². The Morgan fingerprint density at radius 2 is 1.78 bits per heavy atom. The SMILES string of the molecule is CC(=O)c1c(C)[nH]c(C(=O)N2CCC[C@@H](S(=O)(=O)NC3CCCC3)C2)c1C. The molecule has 3 rings (SSSR count). The molecule has 1 aromatic heterocycles. The van der Waals surface area contributed by atoms with Crippen LogP contribution in [0.4, 0.5) is 0 Å². The van der Waals surface area contributed by atoms with E-state index in [-0.39, 0.29) is 24.3 Å². The molecule has 2 fully saturated rings. The van der Waals surface area contributed by atoms with Gasteiger partial charge in [0.25, 0.3) is 5.91 Å². The minimum atomic E-state index is -3.45. The van der Waals surface area contributed by atoms with Crippen LogP contribution < -0.4 is 4.72 Å². The third kappa shape index (κ3) is 4.11. The summed E-state index contributed by atoms with van der Waals surface area (Å²) in [6.07, 6.45) is 5.12. The van der Waals surface area contributed by atoms with Gasteiger partial charge in [0.1, 0.15) is 5.69 Å². The second-order valence-corrected chi connectivity index (χ2v) is 9.83. The summed E-state index contributed by atoms with van der Waals surface area (Å²) >= 11 is 0. The Hall–Kier alpha value is -1.67. The largest absolute Gasteiger partial charge is 0.354 e. The second kappa shape index (κ2) is 7.75. The normalized spacial score (nSPS) is 21.6. The molecular formula is C19H29N3O4S. The Kier molecular flexibility index (Phi) is 5.76. The van der Waals surface area contributed by atoms with Crippen molar-refractivity contribution in [3.63, 3.8) is 0 Å². The second-order valence-electron chi connectivity index (χ2n) is 7.84. The quantitative estimate of drug-likeness (QED) is 0.747. The highest BCUT2D eigenvalue weighted by Gasteiger charge is 2.35. The molecule has 1 atom stereocenters. The molecule has 0 unspecified atom stereocenters. The van der Waals surface area contributed by atoms with E-state index in [1.807, 2.05) is 0 Å². The average molecular weight is 396 g/mol. The molecule has 0 bridgehead atoms. The van der Waals surface area contributed by atoms with Crippen LogP contribution in [0.5, 0.6) is 0 Å². The van der Waals surface area contributed by atoms with Crippen LogP contribution in [0, 0.1) is 13.8 Å². The lowest BCUT2D eigenvalue weighted by molar-refractivity contribution is 0.0720. The first-order chi connectivity index (χ1) is 12.7. The van der Waals surface area contributed by atoms with Crippen LogP contribution >= 0.6 is 0 Å². The number of aromatic nitrogens is 1. The van der Waals surface area contributed by atoms with Gasteiger partial charge in [-0.05, 0) is 52.0 Å². The van der Waals surface area contributed by atoms with E-state index in [1.165, 1.54) is 6.92 Å². The Labute approximate surface area is 160 Å². The maximum atomic E-state index is 13.0. The Balaban J connectivity index is 1.75. The van der Waals surface area contributed by atoms with Crippen LogP contribution in [-0.4, -0.2) is 54.4 Å². The fraction of sp³-hybridized carbons (Fsp3) is 0.684. The monoisotopic (exact) mass is 395 g/mol. The number of hydrogen-bond donors (Lipinski definition) is 2. The molecule has 1 saturated carbocycles. The maximum absolute atomic E-state index is 13.0. The number of carbonyl (C=O) groups is 2. The highest BCUT2D eigenvalue weighted by Crippen LogP contribution is 2.25. The molecule has 0 spiro atoms. The lowest BCUT2D eigenvalue weighted by Gasteiger charge is -2.33. The smallest absolute Gasteiger partial charge is 0.270 e. The van der Waals surface area contributed by atoms with Crippen molar-refractivity contribution in [2.24, 2.45) is 0 Å². The predicted octanol–water partition coefficient (Wildman–Crippen LogP) is 2.30. The van der Waals surface area contributed by atoms with Crippen LogP contribution in [0.3, 0.4) is 0 Å². The lowest BCUT2D eigenvalue weighted by Crippen LogP contribution is -2.50. The van der Waals surface area contributed by atoms with Crippen molar-refractivity contribution < 1.29 is 18.0 Å². The minimum Gasteiger partial charge on any atom is -0.354 e. The molecule has 0 aromatic carbocycles. The third-order valence-electron chi connectivity index (χ3n) is 5.79. The van der Waals surface area contributed by atoms with Crippen molar-refractivity contribution in [2.45, 2.75) is 70.6 Å². The summed E-state index contributed by atoms with van der Waals surface area (Å²) in [6, 6.07) is 0.0347. The summed E-state index contributed by atoms with van der Waals surface area (Å²) in [5.41, 5.74) is 2.24. The molecule has 27 heavy (non-hydrogen) atoms. The first-order valence-electron chi connectivity index (χ1n) is 9.71. The van der Waals surface area contributed by atoms with Gasteiger partial charge in [-0.1, -0.05) is 12.8 Å². The topological polar surface area (TPSA) is 99.3 Å². The van der Waals surface area contributed by atoms with Crippen molar-refractivity contribution in [3.05, 3.63) is 22.5 Å². The van der Waals surface area contributed by atoms with Crippen molar-refractivity contribution in [1.29, 1.82) is 0 Å². The lowest BCUT2D eigenvalue weighted by atomic mass is 10.1. The molecule has 7 nitrogen and oxygen atoms in total. The zero-order valence-electron chi connectivity index (χ0n) is 16.3. The van der Waals surface area contributed by atoms with E-state index < -0.39 is 15.3 Å². The molecule has 2 N–H and O–H groups in total. The number of aromatic amines is 1. The summed E-state index contributed by atoms with van der Waals surface area (Å²) in [5.74, 6) is -0.316. The number of aryl methyl sites for hydroxylation is 1. The summed E-state index contributed by atoms with van der Waals surface area (Å²) in [4.78, 5) is 29.4. The van der Waals surface area contributed by atoms with Gasteiger partial charge < -0.3 is 9.88 Å². The van der Waals surface area contributed by atoms with Gasteiger partial charge in [-0.3, -0.25) is 9.59 Å². The van der Waals surface area contributed by atoms with E-state index >= 15 is 0 Å². The van der Waals surface area contributed by atoms with E-state index in [4.69, 9.17) is 0 Å². The summed E-state index contributed by atoms with van der Waals surface area (Å²) in [7, 11) is -3.45. The van der Waals surface area contributed by atoms with E-state index in [0.717, 1.165) is 25.7 Å². The highest BCUT2D eigenvalue weighted by molar-refractivity contribution is 7.90. The van der Waals surface area contributed by atoms with E-state index in [2.05, 4.69) is 9.71 Å². The zero-order valence-corrected chi connectivity index (χ0v) is 17.1. The summed E-state index contributed by atoms with van der Waals surface area (Å²) in [5, 5.41) is -0.584. The molecule has 1 aromatic rings. The fourth-order valence-corrected chi connectivity index (χ4v) is 6.14. The van der Waals surface area contributed by atoms with Gasteiger partial charge in [0.05, 0.1) is 5.25 Å². The number of rotatable bonds is 5. The van der Waals surface area contributed by atoms with Crippen LogP contribution in [0.25, 0.3) is 0 Å². The number of Topliss-reactive ketones (excluding diaryl/α,β-unsaturated/α-hetero) is 1. The van der Waals surface area contributed by atoms with Crippen molar-refractivity contribution in [2.75, 3.05) is 13.1 Å². The van der Waals surface area contributed by atoms with E-state index in [9.17, 15) is 18.0 Å². The van der Waals surface area contributed by atoms with Crippen LogP contribution in [0.15, 0.2) is 0 Å². The standard InChI is InChI=1S/C19H29N3O4S/c1-12-17(14(3)23)13(2)20-18(12)19(24)22-10-6-9-16(11-22)27(25,26)21-15-7-4-5-8-15/h15-16,20-21H,4-11H2,1-3H3/t16-/m1/s1. The van der Waals surface area contributed by atoms with Crippen molar-refractivity contribution in [3.8, 4) is 0 Å². The number of hydrogen-bond acceptors (Lipinski definition) is 4. The number of amides is 1. The van der Waals surface area contributed by atoms with E-state index in [1.54, 1.807) is 18.7 Å². The number of nitrogens with zero attached hydrogens (tertiary/aromatic N) is 1. The zero-order chi connectivity index (χ0) is 19.8. The number of likely N-dealkylation sites (tertiary alicyclic amines) is 1. The Bertz CT molecular complexity index is 837. The van der Waals surface area contributed by atoms with Gasteiger partial charge in [-0.2, -0.15) is 0 Å². The van der Waals surface area contributed by atoms with Crippen LogP contribution in [0.1, 0.15) is 77.6 Å². The molecule has 1 saturated heterocycles. The highest BCUT2D eigenvalue weighted by atomic mass is 32.2. The molecule has 2 aliphatic rings. The third-order valence-corrected chi connectivity index (χ3v) is 7.72. The number of nitrogens with one attached hydrogen (secondary N) is 2. The number of piperidine rings is 1. The van der Waals surface area contributed by atoms with Crippen molar-refractivity contribution >= 4 is 21.7 Å².